The molecular formula is C15H14BrClFN. The first-order chi connectivity index (χ1) is 8.99. The van der Waals surface area contributed by atoms with Crippen LogP contribution in [0.3, 0.4) is 0 Å². The maximum absolute atomic E-state index is 13.4. The summed E-state index contributed by atoms with van der Waals surface area (Å²) in [6.07, 6.45) is 0.553. The quantitative estimate of drug-likeness (QED) is 0.852. The van der Waals surface area contributed by atoms with Gasteiger partial charge in [-0.2, -0.15) is 0 Å². The van der Waals surface area contributed by atoms with E-state index in [0.29, 0.717) is 15.9 Å². The van der Waals surface area contributed by atoms with Crippen molar-refractivity contribution >= 4 is 27.5 Å². The molecule has 0 aliphatic carbocycles. The lowest BCUT2D eigenvalue weighted by Crippen LogP contribution is -2.14. The zero-order chi connectivity index (χ0) is 14.0. The van der Waals surface area contributed by atoms with E-state index in [4.69, 9.17) is 17.3 Å². The molecular weight excluding hydrogens is 329 g/mol. The summed E-state index contributed by atoms with van der Waals surface area (Å²) in [5.74, 6) is -0.272. The molecule has 0 aromatic heterocycles. The smallest absolute Gasteiger partial charge is 0.137 e. The van der Waals surface area contributed by atoms with Gasteiger partial charge in [-0.3, -0.25) is 0 Å². The Kier molecular flexibility index (Phi) is 4.61. The third-order valence-electron chi connectivity index (χ3n) is 3.10. The van der Waals surface area contributed by atoms with Gasteiger partial charge in [0.25, 0.3) is 0 Å². The Morgan fingerprint density at radius 3 is 2.74 bits per heavy atom. The van der Waals surface area contributed by atoms with Crippen molar-refractivity contribution in [2.45, 2.75) is 19.4 Å². The fraction of sp³-hybridized carbons (Fsp3) is 0.200. The lowest BCUT2D eigenvalue weighted by atomic mass is 9.99. The van der Waals surface area contributed by atoms with Gasteiger partial charge in [0.05, 0.1) is 4.47 Å². The predicted octanol–water partition coefficient (Wildman–Crippen LogP) is 4.79. The SMILES string of the molecule is Cc1ccc(C(N)Cc2cccc(F)c2Br)cc1Cl. The molecule has 0 spiro atoms. The largest absolute Gasteiger partial charge is 0.324 e. The number of benzene rings is 2. The van der Waals surface area contributed by atoms with Crippen molar-refractivity contribution < 1.29 is 4.39 Å². The standard InChI is InChI=1S/C15H14BrClFN/c1-9-5-6-10(7-12(9)17)14(19)8-11-3-2-4-13(18)15(11)16/h2-7,14H,8,19H2,1H3. The van der Waals surface area contributed by atoms with Crippen LogP contribution in [0.25, 0.3) is 0 Å². The van der Waals surface area contributed by atoms with Gasteiger partial charge in [-0.1, -0.05) is 35.9 Å². The van der Waals surface area contributed by atoms with Gasteiger partial charge in [0.15, 0.2) is 0 Å². The van der Waals surface area contributed by atoms with E-state index in [0.717, 1.165) is 16.7 Å². The maximum atomic E-state index is 13.4. The van der Waals surface area contributed by atoms with Crippen LogP contribution in [0.4, 0.5) is 4.39 Å². The summed E-state index contributed by atoms with van der Waals surface area (Å²) in [6, 6.07) is 10.5. The van der Waals surface area contributed by atoms with E-state index in [1.165, 1.54) is 6.07 Å². The second-order valence-corrected chi connectivity index (χ2v) is 5.73. The lowest BCUT2D eigenvalue weighted by molar-refractivity contribution is 0.614. The second kappa shape index (κ2) is 6.04. The highest BCUT2D eigenvalue weighted by molar-refractivity contribution is 9.10. The number of hydrogen-bond acceptors (Lipinski definition) is 1. The monoisotopic (exact) mass is 341 g/mol. The minimum Gasteiger partial charge on any atom is -0.324 e. The zero-order valence-corrected chi connectivity index (χ0v) is 12.8. The summed E-state index contributed by atoms with van der Waals surface area (Å²) in [6.45, 7) is 1.95. The van der Waals surface area contributed by atoms with E-state index in [9.17, 15) is 4.39 Å². The Morgan fingerprint density at radius 2 is 2.05 bits per heavy atom. The molecule has 0 fully saturated rings. The summed E-state index contributed by atoms with van der Waals surface area (Å²) in [4.78, 5) is 0. The van der Waals surface area contributed by atoms with Gasteiger partial charge in [-0.05, 0) is 58.1 Å². The van der Waals surface area contributed by atoms with E-state index < -0.39 is 0 Å². The third-order valence-corrected chi connectivity index (χ3v) is 4.39. The minimum atomic E-state index is -0.272. The molecule has 0 heterocycles. The summed E-state index contributed by atoms with van der Waals surface area (Å²) in [5.41, 5.74) is 8.98. The normalized spacial score (nSPS) is 12.5. The number of nitrogens with two attached hydrogens (primary N) is 1. The Morgan fingerprint density at radius 1 is 1.32 bits per heavy atom. The number of halogens is 3. The molecule has 0 aliphatic rings. The summed E-state index contributed by atoms with van der Waals surface area (Å²) < 4.78 is 13.9. The van der Waals surface area contributed by atoms with Gasteiger partial charge in [-0.15, -0.1) is 0 Å². The molecule has 0 radical (unpaired) electrons. The van der Waals surface area contributed by atoms with Crippen molar-refractivity contribution in [3.63, 3.8) is 0 Å². The molecule has 2 rings (SSSR count). The van der Waals surface area contributed by atoms with Gasteiger partial charge in [0.2, 0.25) is 0 Å². The van der Waals surface area contributed by atoms with Crippen LogP contribution in [-0.2, 0) is 6.42 Å². The number of hydrogen-bond donors (Lipinski definition) is 1. The molecule has 2 aromatic rings. The average Bonchev–Trinajstić information content (AvgIpc) is 2.38. The van der Waals surface area contributed by atoms with Crippen LogP contribution >= 0.6 is 27.5 Å². The van der Waals surface area contributed by atoms with Crippen molar-refractivity contribution in [2.75, 3.05) is 0 Å². The van der Waals surface area contributed by atoms with Crippen LogP contribution in [0.2, 0.25) is 5.02 Å². The minimum absolute atomic E-state index is 0.212. The number of aryl methyl sites for hydroxylation is 1. The summed E-state index contributed by atoms with van der Waals surface area (Å²) >= 11 is 9.34. The van der Waals surface area contributed by atoms with Crippen LogP contribution < -0.4 is 5.73 Å². The Hall–Kier alpha value is -0.900. The van der Waals surface area contributed by atoms with Crippen molar-refractivity contribution in [1.29, 1.82) is 0 Å². The van der Waals surface area contributed by atoms with Crippen molar-refractivity contribution in [3.8, 4) is 0 Å². The third kappa shape index (κ3) is 3.35. The van der Waals surface area contributed by atoms with Crippen LogP contribution in [0.15, 0.2) is 40.9 Å². The zero-order valence-electron chi connectivity index (χ0n) is 10.5. The van der Waals surface area contributed by atoms with Crippen LogP contribution in [0.1, 0.15) is 22.7 Å². The van der Waals surface area contributed by atoms with Gasteiger partial charge >= 0.3 is 0 Å². The highest BCUT2D eigenvalue weighted by Gasteiger charge is 2.12. The van der Waals surface area contributed by atoms with E-state index in [-0.39, 0.29) is 11.9 Å². The van der Waals surface area contributed by atoms with E-state index in [2.05, 4.69) is 15.9 Å². The molecule has 1 atom stereocenters. The van der Waals surface area contributed by atoms with Crippen molar-refractivity contribution in [1.82, 2.24) is 0 Å². The number of rotatable bonds is 3. The molecule has 2 N–H and O–H groups in total. The second-order valence-electron chi connectivity index (χ2n) is 4.53. The average molecular weight is 343 g/mol. The molecule has 0 aliphatic heterocycles. The first kappa shape index (κ1) is 14.5. The summed E-state index contributed by atoms with van der Waals surface area (Å²) in [7, 11) is 0. The first-order valence-corrected chi connectivity index (χ1v) is 7.10. The van der Waals surface area contributed by atoms with Crippen LogP contribution in [0.5, 0.6) is 0 Å². The molecule has 19 heavy (non-hydrogen) atoms. The maximum Gasteiger partial charge on any atom is 0.137 e. The molecule has 0 saturated heterocycles. The van der Waals surface area contributed by atoms with Gasteiger partial charge in [-0.25, -0.2) is 4.39 Å². The fourth-order valence-electron chi connectivity index (χ4n) is 1.90. The Labute approximate surface area is 125 Å². The Balaban J connectivity index is 2.23. The van der Waals surface area contributed by atoms with E-state index in [1.807, 2.05) is 31.2 Å². The predicted molar refractivity (Wildman–Crippen MR) is 80.9 cm³/mol. The van der Waals surface area contributed by atoms with Crippen LogP contribution in [-0.4, -0.2) is 0 Å². The Bertz CT molecular complexity index is 601. The topological polar surface area (TPSA) is 26.0 Å². The van der Waals surface area contributed by atoms with Crippen molar-refractivity contribution in [3.05, 3.63) is 68.4 Å². The lowest BCUT2D eigenvalue weighted by Gasteiger charge is -2.14. The molecule has 0 bridgehead atoms. The molecule has 1 unspecified atom stereocenters. The summed E-state index contributed by atoms with van der Waals surface area (Å²) in [5, 5.41) is 0.700. The van der Waals surface area contributed by atoms with Crippen LogP contribution in [0, 0.1) is 12.7 Å². The molecule has 1 nitrogen and oxygen atoms in total. The highest BCUT2D eigenvalue weighted by Crippen LogP contribution is 2.26. The van der Waals surface area contributed by atoms with E-state index >= 15 is 0 Å². The molecule has 0 saturated carbocycles. The molecule has 2 aromatic carbocycles. The highest BCUT2D eigenvalue weighted by atomic mass is 79.9. The van der Waals surface area contributed by atoms with Gasteiger partial charge in [0, 0.05) is 11.1 Å². The fourth-order valence-corrected chi connectivity index (χ4v) is 2.52. The molecule has 100 valence electrons. The molecule has 0 amide bonds. The first-order valence-electron chi connectivity index (χ1n) is 5.93. The van der Waals surface area contributed by atoms with Crippen molar-refractivity contribution in [2.24, 2.45) is 5.73 Å². The van der Waals surface area contributed by atoms with E-state index in [1.54, 1.807) is 6.07 Å². The van der Waals surface area contributed by atoms with Gasteiger partial charge in [0.1, 0.15) is 5.82 Å². The molecule has 4 heteroatoms. The van der Waals surface area contributed by atoms with Gasteiger partial charge < -0.3 is 5.73 Å².